The van der Waals surface area contributed by atoms with Crippen molar-refractivity contribution in [3.63, 3.8) is 0 Å². The van der Waals surface area contributed by atoms with Crippen LogP contribution in [-0.2, 0) is 4.79 Å². The van der Waals surface area contributed by atoms with Crippen LogP contribution in [0.15, 0.2) is 24.3 Å². The number of anilines is 2. The zero-order chi connectivity index (χ0) is 14.8. The van der Waals surface area contributed by atoms with E-state index in [1.807, 2.05) is 11.0 Å². The third kappa shape index (κ3) is 2.91. The lowest BCUT2D eigenvalue weighted by Gasteiger charge is -2.40. The largest absolute Gasteiger partial charge is 0.366 e. The maximum absolute atomic E-state index is 12.7. The Labute approximate surface area is 127 Å². The van der Waals surface area contributed by atoms with Crippen molar-refractivity contribution in [2.45, 2.75) is 32.7 Å². The van der Waals surface area contributed by atoms with Gasteiger partial charge in [0.2, 0.25) is 5.91 Å². The molecule has 0 aliphatic carbocycles. The first-order chi connectivity index (χ1) is 10.2. The lowest BCUT2D eigenvalue weighted by atomic mass is 10.1. The molecule has 0 unspecified atom stereocenters. The van der Waals surface area contributed by atoms with E-state index in [9.17, 15) is 4.79 Å². The number of para-hydroxylation sites is 2. The van der Waals surface area contributed by atoms with Gasteiger partial charge in [-0.2, -0.15) is 0 Å². The van der Waals surface area contributed by atoms with Gasteiger partial charge in [0, 0.05) is 19.1 Å². The van der Waals surface area contributed by atoms with Gasteiger partial charge in [-0.25, -0.2) is 0 Å². The van der Waals surface area contributed by atoms with Crippen molar-refractivity contribution in [3.8, 4) is 0 Å². The second kappa shape index (κ2) is 6.06. The normalized spacial score (nSPS) is 19.2. The molecule has 21 heavy (non-hydrogen) atoms. The molecule has 3 rings (SSSR count). The number of rotatable bonds is 3. The average molecular weight is 287 g/mol. The minimum atomic E-state index is 0.243. The van der Waals surface area contributed by atoms with Crippen LogP contribution in [0.2, 0.25) is 0 Å². The summed E-state index contributed by atoms with van der Waals surface area (Å²) in [6.07, 6.45) is 2.45. The number of nitrogens with zero attached hydrogens (tertiary/aromatic N) is 3. The minimum absolute atomic E-state index is 0.243. The van der Waals surface area contributed by atoms with Gasteiger partial charge in [0.15, 0.2) is 0 Å². The summed E-state index contributed by atoms with van der Waals surface area (Å²) in [4.78, 5) is 19.3. The Kier molecular flexibility index (Phi) is 4.15. The summed E-state index contributed by atoms with van der Waals surface area (Å²) in [5.74, 6) is 0.243. The smallest absolute Gasteiger partial charge is 0.241 e. The summed E-state index contributed by atoms with van der Waals surface area (Å²) in [5.41, 5.74) is 2.26. The molecule has 4 nitrogen and oxygen atoms in total. The monoisotopic (exact) mass is 287 g/mol. The van der Waals surface area contributed by atoms with Gasteiger partial charge in [-0.3, -0.25) is 9.69 Å². The van der Waals surface area contributed by atoms with Crippen molar-refractivity contribution in [2.24, 2.45) is 0 Å². The zero-order valence-corrected chi connectivity index (χ0v) is 13.1. The standard InChI is InChI=1S/C17H25N3O/c1-14(2)19-11-12-20(16-8-4-3-7-15(16)19)17(21)13-18-9-5-6-10-18/h3-4,7-8,14H,5-6,9-13H2,1-2H3. The van der Waals surface area contributed by atoms with Crippen LogP contribution in [0.1, 0.15) is 26.7 Å². The molecule has 0 radical (unpaired) electrons. The predicted octanol–water partition coefficient (Wildman–Crippen LogP) is 2.34. The predicted molar refractivity (Wildman–Crippen MR) is 87.0 cm³/mol. The van der Waals surface area contributed by atoms with Gasteiger partial charge in [-0.1, -0.05) is 12.1 Å². The molecule has 0 atom stereocenters. The minimum Gasteiger partial charge on any atom is -0.366 e. The molecule has 0 N–H and O–H groups in total. The third-order valence-electron chi connectivity index (χ3n) is 4.53. The van der Waals surface area contributed by atoms with E-state index >= 15 is 0 Å². The van der Waals surface area contributed by atoms with E-state index in [1.165, 1.54) is 18.5 Å². The highest BCUT2D eigenvalue weighted by Gasteiger charge is 2.28. The molecule has 1 saturated heterocycles. The van der Waals surface area contributed by atoms with Gasteiger partial charge >= 0.3 is 0 Å². The molecule has 4 heteroatoms. The van der Waals surface area contributed by atoms with E-state index in [0.717, 1.165) is 31.9 Å². The number of carbonyl (C=O) groups excluding carboxylic acids is 1. The van der Waals surface area contributed by atoms with E-state index < -0.39 is 0 Å². The van der Waals surface area contributed by atoms with Crippen LogP contribution in [0, 0.1) is 0 Å². The van der Waals surface area contributed by atoms with Gasteiger partial charge in [0.05, 0.1) is 17.9 Å². The van der Waals surface area contributed by atoms with Crippen LogP contribution >= 0.6 is 0 Å². The average Bonchev–Trinajstić information content (AvgIpc) is 2.98. The van der Waals surface area contributed by atoms with Crippen LogP contribution in [0.4, 0.5) is 11.4 Å². The fourth-order valence-corrected chi connectivity index (χ4v) is 3.40. The lowest BCUT2D eigenvalue weighted by molar-refractivity contribution is -0.119. The molecule has 0 saturated carbocycles. The highest BCUT2D eigenvalue weighted by Crippen LogP contribution is 2.34. The van der Waals surface area contributed by atoms with Crippen molar-refractivity contribution < 1.29 is 4.79 Å². The Morgan fingerprint density at radius 2 is 1.71 bits per heavy atom. The number of hydrogen-bond donors (Lipinski definition) is 0. The van der Waals surface area contributed by atoms with Crippen molar-refractivity contribution >= 4 is 17.3 Å². The second-order valence-corrected chi connectivity index (χ2v) is 6.30. The first-order valence-electron chi connectivity index (χ1n) is 8.05. The second-order valence-electron chi connectivity index (χ2n) is 6.30. The van der Waals surface area contributed by atoms with Gasteiger partial charge in [-0.15, -0.1) is 0 Å². The highest BCUT2D eigenvalue weighted by atomic mass is 16.2. The Bertz CT molecular complexity index is 509. The van der Waals surface area contributed by atoms with Crippen molar-refractivity contribution in [3.05, 3.63) is 24.3 Å². The van der Waals surface area contributed by atoms with Crippen LogP contribution in [0.5, 0.6) is 0 Å². The number of carbonyl (C=O) groups is 1. The summed E-state index contributed by atoms with van der Waals surface area (Å²) in [6, 6.07) is 8.75. The molecule has 0 bridgehead atoms. The van der Waals surface area contributed by atoms with Crippen LogP contribution in [0.25, 0.3) is 0 Å². The number of benzene rings is 1. The SMILES string of the molecule is CC(C)N1CCN(C(=O)CN2CCCC2)c2ccccc21. The van der Waals surface area contributed by atoms with Crippen molar-refractivity contribution in [1.29, 1.82) is 0 Å². The summed E-state index contributed by atoms with van der Waals surface area (Å²) in [7, 11) is 0. The molecule has 1 fully saturated rings. The van der Waals surface area contributed by atoms with E-state index in [0.29, 0.717) is 12.6 Å². The molecule has 114 valence electrons. The van der Waals surface area contributed by atoms with Gasteiger partial charge < -0.3 is 9.80 Å². The molecule has 2 heterocycles. The van der Waals surface area contributed by atoms with Gasteiger partial charge in [-0.05, 0) is 51.9 Å². The fraction of sp³-hybridized carbons (Fsp3) is 0.588. The lowest BCUT2D eigenvalue weighted by Crippen LogP contribution is -2.49. The molecule has 2 aliphatic heterocycles. The maximum atomic E-state index is 12.7. The van der Waals surface area contributed by atoms with E-state index in [2.05, 4.69) is 41.8 Å². The number of fused-ring (bicyclic) bond motifs is 1. The maximum Gasteiger partial charge on any atom is 0.241 e. The molecule has 0 aromatic heterocycles. The van der Waals surface area contributed by atoms with Crippen molar-refractivity contribution in [1.82, 2.24) is 4.90 Å². The number of likely N-dealkylation sites (tertiary alicyclic amines) is 1. The molecular formula is C17H25N3O. The number of hydrogen-bond acceptors (Lipinski definition) is 3. The van der Waals surface area contributed by atoms with Crippen LogP contribution in [-0.4, -0.2) is 49.6 Å². The topological polar surface area (TPSA) is 26.8 Å². The van der Waals surface area contributed by atoms with Gasteiger partial charge in [0.1, 0.15) is 0 Å². The van der Waals surface area contributed by atoms with Gasteiger partial charge in [0.25, 0.3) is 0 Å². The first kappa shape index (κ1) is 14.4. The third-order valence-corrected chi connectivity index (χ3v) is 4.53. The summed E-state index contributed by atoms with van der Waals surface area (Å²) < 4.78 is 0. The Morgan fingerprint density at radius 3 is 2.38 bits per heavy atom. The van der Waals surface area contributed by atoms with Crippen LogP contribution < -0.4 is 9.80 Å². The van der Waals surface area contributed by atoms with E-state index in [-0.39, 0.29) is 5.91 Å². The highest BCUT2D eigenvalue weighted by molar-refractivity contribution is 5.99. The fourth-order valence-electron chi connectivity index (χ4n) is 3.40. The summed E-state index contributed by atoms with van der Waals surface area (Å²) in [5, 5.41) is 0. The molecule has 1 aromatic rings. The Morgan fingerprint density at radius 1 is 1.05 bits per heavy atom. The summed E-state index contributed by atoms with van der Waals surface area (Å²) >= 11 is 0. The molecule has 1 amide bonds. The van der Waals surface area contributed by atoms with E-state index in [1.54, 1.807) is 0 Å². The molecule has 1 aromatic carbocycles. The molecule has 0 spiro atoms. The van der Waals surface area contributed by atoms with Crippen molar-refractivity contribution in [2.75, 3.05) is 42.5 Å². The zero-order valence-electron chi connectivity index (χ0n) is 13.1. The van der Waals surface area contributed by atoms with Crippen LogP contribution in [0.3, 0.4) is 0 Å². The summed E-state index contributed by atoms with van der Waals surface area (Å²) in [6.45, 7) is 8.83. The number of amides is 1. The Hall–Kier alpha value is -1.55. The first-order valence-corrected chi connectivity index (χ1v) is 8.05. The molecular weight excluding hydrogens is 262 g/mol. The Balaban J connectivity index is 1.80. The molecule has 2 aliphatic rings. The quantitative estimate of drug-likeness (QED) is 0.854. The van der Waals surface area contributed by atoms with E-state index in [4.69, 9.17) is 0 Å².